The summed E-state index contributed by atoms with van der Waals surface area (Å²) >= 11 is 0. The number of carbonyl (C=O) groups is 1. The van der Waals surface area contributed by atoms with Crippen molar-refractivity contribution in [2.75, 3.05) is 0 Å². The van der Waals surface area contributed by atoms with Crippen LogP contribution in [0, 0.1) is 0 Å². The molecule has 0 aliphatic heterocycles. The van der Waals surface area contributed by atoms with Gasteiger partial charge < -0.3 is 14.6 Å². The number of ether oxygens (including phenoxy) is 1. The summed E-state index contributed by atoms with van der Waals surface area (Å²) in [5.74, 6) is -2.14. The topological polar surface area (TPSA) is 49.4 Å². The van der Waals surface area contributed by atoms with Gasteiger partial charge in [-0.2, -0.15) is 0 Å². The maximum absolute atomic E-state index is 11.7. The molecule has 0 unspecified atom stereocenters. The molecule has 0 heterocycles. The van der Waals surface area contributed by atoms with E-state index in [4.69, 9.17) is 0 Å². The number of carboxylic acid groups (broad SMARTS) is 1. The smallest absolute Gasteiger partial charge is 0.545 e. The molecule has 0 radical (unpaired) electrons. The number of carboxylic acids is 1. The van der Waals surface area contributed by atoms with Gasteiger partial charge in [0.05, 0.1) is 5.97 Å². The Morgan fingerprint density at radius 2 is 1.93 bits per heavy atom. The van der Waals surface area contributed by atoms with Crippen LogP contribution in [-0.2, 0) is 0 Å². The van der Waals surface area contributed by atoms with Gasteiger partial charge in [-0.25, -0.2) is 0 Å². The molecule has 0 saturated heterocycles. The zero-order chi connectivity index (χ0) is 10.8. The van der Waals surface area contributed by atoms with Crippen LogP contribution in [0.3, 0.4) is 0 Å². The third-order valence-corrected chi connectivity index (χ3v) is 1.30. The van der Waals surface area contributed by atoms with Crippen LogP contribution < -0.4 is 61.2 Å². The number of carbonyl (C=O) groups excluding carboxylic acids is 1. The molecular formula is C8H4F3KO3. The number of benzene rings is 1. The molecule has 76 valence electrons. The van der Waals surface area contributed by atoms with E-state index in [1.807, 2.05) is 0 Å². The molecule has 0 spiro atoms. The number of alkyl halides is 3. The van der Waals surface area contributed by atoms with Gasteiger partial charge in [-0.05, 0) is 12.1 Å². The first kappa shape index (κ1) is 14.9. The second-order valence-electron chi connectivity index (χ2n) is 2.36. The van der Waals surface area contributed by atoms with E-state index in [1.165, 1.54) is 0 Å². The summed E-state index contributed by atoms with van der Waals surface area (Å²) in [4.78, 5) is 10.3. The van der Waals surface area contributed by atoms with E-state index in [0.29, 0.717) is 0 Å². The molecule has 1 aromatic rings. The quantitative estimate of drug-likeness (QED) is 0.563. The van der Waals surface area contributed by atoms with Crippen molar-refractivity contribution in [1.29, 1.82) is 0 Å². The minimum atomic E-state index is -4.83. The summed E-state index contributed by atoms with van der Waals surface area (Å²) in [6.07, 6.45) is -4.83. The van der Waals surface area contributed by atoms with Crippen molar-refractivity contribution in [2.45, 2.75) is 6.36 Å². The number of aromatic carboxylic acids is 1. The third kappa shape index (κ3) is 5.52. The molecule has 1 rings (SSSR count). The second-order valence-corrected chi connectivity index (χ2v) is 2.36. The Morgan fingerprint density at radius 3 is 2.40 bits per heavy atom. The first-order valence-corrected chi connectivity index (χ1v) is 3.45. The Bertz CT molecular complexity index is 351. The molecule has 0 amide bonds. The van der Waals surface area contributed by atoms with Crippen molar-refractivity contribution in [3.63, 3.8) is 0 Å². The van der Waals surface area contributed by atoms with Gasteiger partial charge in [-0.1, -0.05) is 12.1 Å². The van der Waals surface area contributed by atoms with Crippen molar-refractivity contribution in [2.24, 2.45) is 0 Å². The Morgan fingerprint density at radius 1 is 1.33 bits per heavy atom. The minimum absolute atomic E-state index is 0. The molecule has 15 heavy (non-hydrogen) atoms. The van der Waals surface area contributed by atoms with Crippen molar-refractivity contribution in [1.82, 2.24) is 0 Å². The molecule has 0 saturated carbocycles. The van der Waals surface area contributed by atoms with Crippen molar-refractivity contribution in [3.05, 3.63) is 29.8 Å². The maximum Gasteiger partial charge on any atom is 1.00 e. The van der Waals surface area contributed by atoms with E-state index >= 15 is 0 Å². The summed E-state index contributed by atoms with van der Waals surface area (Å²) in [5, 5.41) is 10.3. The van der Waals surface area contributed by atoms with E-state index in [-0.39, 0.29) is 56.9 Å². The van der Waals surface area contributed by atoms with E-state index < -0.39 is 18.1 Å². The standard InChI is InChI=1S/C8H5F3O3.K/c9-8(10,11)14-6-3-1-2-5(4-6)7(12)13;/h1-4H,(H,12,13);/q;+1/p-1. The number of rotatable bonds is 2. The van der Waals surface area contributed by atoms with Crippen LogP contribution in [0.4, 0.5) is 13.2 Å². The molecule has 0 N–H and O–H groups in total. The molecule has 0 atom stereocenters. The SMILES string of the molecule is O=C([O-])c1cccc(OC(F)(F)F)c1.[K+]. The molecule has 0 fully saturated rings. The van der Waals surface area contributed by atoms with Gasteiger partial charge in [0.2, 0.25) is 0 Å². The van der Waals surface area contributed by atoms with Crippen molar-refractivity contribution in [3.8, 4) is 5.75 Å². The molecular weight excluding hydrogens is 240 g/mol. The Kier molecular flexibility index (Phi) is 5.82. The molecule has 3 nitrogen and oxygen atoms in total. The average molecular weight is 244 g/mol. The van der Waals surface area contributed by atoms with Gasteiger partial charge in [0.15, 0.2) is 0 Å². The van der Waals surface area contributed by atoms with Gasteiger partial charge in [-0.15, -0.1) is 13.2 Å². The maximum atomic E-state index is 11.7. The van der Waals surface area contributed by atoms with E-state index in [0.717, 1.165) is 24.3 Å². The summed E-state index contributed by atoms with van der Waals surface area (Å²) in [7, 11) is 0. The molecule has 7 heteroatoms. The van der Waals surface area contributed by atoms with E-state index in [9.17, 15) is 23.1 Å². The monoisotopic (exact) mass is 244 g/mol. The zero-order valence-corrected chi connectivity index (χ0v) is 10.8. The van der Waals surface area contributed by atoms with Gasteiger partial charge in [0, 0.05) is 5.56 Å². The molecule has 1 aromatic carbocycles. The van der Waals surface area contributed by atoms with Crippen LogP contribution in [0.25, 0.3) is 0 Å². The fourth-order valence-electron chi connectivity index (χ4n) is 0.820. The summed E-state index contributed by atoms with van der Waals surface area (Å²) in [5.41, 5.74) is -0.369. The van der Waals surface area contributed by atoms with Crippen LogP contribution in [0.5, 0.6) is 5.75 Å². The molecule has 0 aliphatic carbocycles. The van der Waals surface area contributed by atoms with Crippen LogP contribution in [0.15, 0.2) is 24.3 Å². The molecule has 0 aliphatic rings. The number of hydrogen-bond acceptors (Lipinski definition) is 3. The normalized spacial score (nSPS) is 10.3. The van der Waals surface area contributed by atoms with Crippen LogP contribution in [0.2, 0.25) is 0 Å². The Hall–Kier alpha value is -0.0836. The number of halogens is 3. The number of hydrogen-bond donors (Lipinski definition) is 0. The third-order valence-electron chi connectivity index (χ3n) is 1.30. The zero-order valence-electron chi connectivity index (χ0n) is 7.67. The van der Waals surface area contributed by atoms with Crippen LogP contribution >= 0.6 is 0 Å². The summed E-state index contributed by atoms with van der Waals surface area (Å²) < 4.78 is 38.6. The van der Waals surface area contributed by atoms with Gasteiger partial charge in [0.1, 0.15) is 5.75 Å². The average Bonchev–Trinajstić information content (AvgIpc) is 2.01. The van der Waals surface area contributed by atoms with E-state index in [1.54, 1.807) is 0 Å². The predicted molar refractivity (Wildman–Crippen MR) is 37.5 cm³/mol. The first-order chi connectivity index (χ1) is 6.38. The summed E-state index contributed by atoms with van der Waals surface area (Å²) in [6.45, 7) is 0. The molecule has 0 aromatic heterocycles. The Labute approximate surface area is 126 Å². The largest absolute Gasteiger partial charge is 1.00 e. The van der Waals surface area contributed by atoms with Crippen LogP contribution in [-0.4, -0.2) is 12.3 Å². The Balaban J connectivity index is 0.00000196. The van der Waals surface area contributed by atoms with E-state index in [2.05, 4.69) is 4.74 Å². The minimum Gasteiger partial charge on any atom is -0.545 e. The second kappa shape index (κ2) is 5.85. The van der Waals surface area contributed by atoms with Crippen LogP contribution in [0.1, 0.15) is 10.4 Å². The fraction of sp³-hybridized carbons (Fsp3) is 0.125. The predicted octanol–water partition coefficient (Wildman–Crippen LogP) is -2.05. The summed E-state index contributed by atoms with van der Waals surface area (Å²) in [6, 6.07) is 3.98. The van der Waals surface area contributed by atoms with Gasteiger partial charge in [-0.3, -0.25) is 0 Å². The van der Waals surface area contributed by atoms with Gasteiger partial charge >= 0.3 is 57.7 Å². The first-order valence-electron chi connectivity index (χ1n) is 3.45. The van der Waals surface area contributed by atoms with Crippen molar-refractivity contribution < 1.29 is 79.2 Å². The fourth-order valence-corrected chi connectivity index (χ4v) is 0.820. The van der Waals surface area contributed by atoms with Crippen molar-refractivity contribution >= 4 is 5.97 Å². The molecule has 0 bridgehead atoms. The van der Waals surface area contributed by atoms with Gasteiger partial charge in [0.25, 0.3) is 0 Å².